The van der Waals surface area contributed by atoms with Crippen LogP contribution in [-0.2, 0) is 4.79 Å². The van der Waals surface area contributed by atoms with Gasteiger partial charge in [0, 0.05) is 6.04 Å². The van der Waals surface area contributed by atoms with Gasteiger partial charge in [-0.05, 0) is 37.1 Å². The highest BCUT2D eigenvalue weighted by Crippen LogP contribution is 2.31. The fourth-order valence-electron chi connectivity index (χ4n) is 3.97. The van der Waals surface area contributed by atoms with Crippen molar-refractivity contribution in [1.29, 1.82) is 0 Å². The smallest absolute Gasteiger partial charge is 0.387 e. The second-order valence-electron chi connectivity index (χ2n) is 7.59. The lowest BCUT2D eigenvalue weighted by Crippen LogP contribution is -2.29. The van der Waals surface area contributed by atoms with Crippen molar-refractivity contribution >= 4 is 34.3 Å². The summed E-state index contributed by atoms with van der Waals surface area (Å²) in [5, 5.41) is 3.66. The van der Waals surface area contributed by atoms with Gasteiger partial charge in [-0.1, -0.05) is 55.3 Å². The Morgan fingerprint density at radius 1 is 1.12 bits per heavy atom. The predicted molar refractivity (Wildman–Crippen MR) is 121 cm³/mol. The van der Waals surface area contributed by atoms with E-state index in [9.17, 15) is 18.4 Å². The molecule has 1 amide bonds. The number of amides is 1. The van der Waals surface area contributed by atoms with E-state index in [1.807, 2.05) is 12.1 Å². The quantitative estimate of drug-likeness (QED) is 0.387. The molecule has 1 saturated carbocycles. The normalized spacial score (nSPS) is 14.6. The molecule has 6 nitrogen and oxygen atoms in total. The van der Waals surface area contributed by atoms with Gasteiger partial charge in [0.1, 0.15) is 5.75 Å². The van der Waals surface area contributed by atoms with Crippen LogP contribution in [0.5, 0.6) is 5.75 Å². The van der Waals surface area contributed by atoms with E-state index in [-0.39, 0.29) is 28.8 Å². The second-order valence-corrected chi connectivity index (χ2v) is 8.53. The number of rotatable bonds is 7. The molecule has 0 aliphatic heterocycles. The molecule has 9 heteroatoms. The van der Waals surface area contributed by atoms with Crippen LogP contribution in [-0.4, -0.2) is 27.8 Å². The highest BCUT2D eigenvalue weighted by molar-refractivity contribution is 7.99. The van der Waals surface area contributed by atoms with E-state index in [1.54, 1.807) is 28.8 Å². The number of para-hydroxylation sites is 3. The molecule has 4 rings (SSSR count). The first-order valence-electron chi connectivity index (χ1n) is 10.5. The summed E-state index contributed by atoms with van der Waals surface area (Å²) in [6.07, 6.45) is 5.05. The van der Waals surface area contributed by atoms with Gasteiger partial charge in [-0.3, -0.25) is 14.2 Å². The van der Waals surface area contributed by atoms with E-state index in [1.165, 1.54) is 23.9 Å². The number of hydrogen-bond donors (Lipinski definition) is 1. The van der Waals surface area contributed by atoms with Crippen molar-refractivity contribution < 1.29 is 18.3 Å². The maximum absolute atomic E-state index is 13.3. The summed E-state index contributed by atoms with van der Waals surface area (Å²) in [7, 11) is 0. The summed E-state index contributed by atoms with van der Waals surface area (Å²) in [6.45, 7) is -2.99. The zero-order valence-electron chi connectivity index (χ0n) is 17.3. The van der Waals surface area contributed by atoms with Gasteiger partial charge in [-0.2, -0.15) is 8.78 Å². The first kappa shape index (κ1) is 22.3. The average molecular weight is 460 g/mol. The molecule has 168 valence electrons. The van der Waals surface area contributed by atoms with Crippen molar-refractivity contribution in [3.05, 3.63) is 58.9 Å². The monoisotopic (exact) mass is 459 g/mol. The number of carbonyl (C=O) groups excluding carboxylic acids is 1. The zero-order chi connectivity index (χ0) is 22.5. The van der Waals surface area contributed by atoms with Gasteiger partial charge in [0.25, 0.3) is 5.56 Å². The average Bonchev–Trinajstić information content (AvgIpc) is 2.79. The highest BCUT2D eigenvalue weighted by atomic mass is 32.2. The van der Waals surface area contributed by atoms with E-state index in [0.717, 1.165) is 32.1 Å². The third kappa shape index (κ3) is 5.09. The molecule has 3 aromatic rings. The summed E-state index contributed by atoms with van der Waals surface area (Å²) < 4.78 is 31.4. The van der Waals surface area contributed by atoms with Crippen LogP contribution in [0.1, 0.15) is 38.1 Å². The van der Waals surface area contributed by atoms with E-state index in [0.29, 0.717) is 16.1 Å². The van der Waals surface area contributed by atoms with Gasteiger partial charge >= 0.3 is 6.61 Å². The number of nitrogens with zero attached hydrogens (tertiary/aromatic N) is 2. The fourth-order valence-corrected chi connectivity index (χ4v) is 4.84. The summed E-state index contributed by atoms with van der Waals surface area (Å²) in [6, 6.07) is 13.3. The van der Waals surface area contributed by atoms with E-state index in [2.05, 4.69) is 15.0 Å². The summed E-state index contributed by atoms with van der Waals surface area (Å²) in [4.78, 5) is 30.5. The van der Waals surface area contributed by atoms with E-state index < -0.39 is 12.5 Å². The lowest BCUT2D eigenvalue weighted by molar-refractivity contribution is -0.113. The molecule has 0 radical (unpaired) electrons. The summed E-state index contributed by atoms with van der Waals surface area (Å²) in [5.41, 5.74) is 0.652. The molecule has 0 unspecified atom stereocenters. The van der Waals surface area contributed by atoms with Crippen molar-refractivity contribution in [2.45, 2.75) is 49.9 Å². The number of halogens is 2. The van der Waals surface area contributed by atoms with E-state index in [4.69, 9.17) is 0 Å². The van der Waals surface area contributed by atoms with Crippen molar-refractivity contribution in [1.82, 2.24) is 9.55 Å². The SMILES string of the molecule is O=C(CSc1nc2ccccc2c(=O)n1C1CCCCC1)Nc1ccccc1OC(F)F. The summed E-state index contributed by atoms with van der Waals surface area (Å²) >= 11 is 1.17. The van der Waals surface area contributed by atoms with Crippen LogP contribution in [0.2, 0.25) is 0 Å². The number of fused-ring (bicyclic) bond motifs is 1. The predicted octanol–water partition coefficient (Wildman–Crippen LogP) is 5.23. The van der Waals surface area contributed by atoms with Gasteiger partial charge < -0.3 is 10.1 Å². The van der Waals surface area contributed by atoms with Gasteiger partial charge in [-0.25, -0.2) is 4.98 Å². The van der Waals surface area contributed by atoms with Gasteiger partial charge in [0.05, 0.1) is 22.3 Å². The second kappa shape index (κ2) is 10.1. The maximum atomic E-state index is 13.3. The number of anilines is 1. The van der Waals surface area contributed by atoms with Crippen LogP contribution in [0.3, 0.4) is 0 Å². The molecule has 1 heterocycles. The lowest BCUT2D eigenvalue weighted by Gasteiger charge is -2.26. The molecule has 1 aliphatic rings. The molecule has 0 bridgehead atoms. The number of aromatic nitrogens is 2. The third-order valence-electron chi connectivity index (χ3n) is 5.42. The van der Waals surface area contributed by atoms with Crippen molar-refractivity contribution in [3.63, 3.8) is 0 Å². The van der Waals surface area contributed by atoms with Gasteiger partial charge in [-0.15, -0.1) is 0 Å². The molecular weight excluding hydrogens is 436 g/mol. The Morgan fingerprint density at radius 3 is 2.62 bits per heavy atom. The standard InChI is InChI=1S/C23H23F2N3O3S/c24-22(25)31-19-13-7-6-12-18(19)26-20(29)14-32-23-27-17-11-5-4-10-16(17)21(30)28(23)15-8-2-1-3-9-15/h4-7,10-13,15,22H,1-3,8-9,14H2,(H,26,29). The van der Waals surface area contributed by atoms with Crippen LogP contribution in [0.15, 0.2) is 58.5 Å². The first-order valence-corrected chi connectivity index (χ1v) is 11.5. The number of alkyl halides is 2. The molecule has 0 atom stereocenters. The Labute approximate surface area is 188 Å². The van der Waals surface area contributed by atoms with Gasteiger partial charge in [0.2, 0.25) is 5.91 Å². The number of carbonyl (C=O) groups is 1. The molecule has 1 fully saturated rings. The maximum Gasteiger partial charge on any atom is 0.387 e. The molecule has 1 aliphatic carbocycles. The van der Waals surface area contributed by atoms with Crippen LogP contribution < -0.4 is 15.6 Å². The van der Waals surface area contributed by atoms with Crippen LogP contribution in [0.25, 0.3) is 10.9 Å². The molecule has 0 saturated heterocycles. The number of hydrogen-bond acceptors (Lipinski definition) is 5. The Morgan fingerprint density at radius 2 is 1.84 bits per heavy atom. The van der Waals surface area contributed by atoms with Crippen LogP contribution >= 0.6 is 11.8 Å². The first-order chi connectivity index (χ1) is 15.5. The zero-order valence-corrected chi connectivity index (χ0v) is 18.1. The molecule has 32 heavy (non-hydrogen) atoms. The minimum absolute atomic E-state index is 0.0273. The molecular formula is C23H23F2N3O3S. The molecule has 1 aromatic heterocycles. The molecule has 1 N–H and O–H groups in total. The number of ether oxygens (including phenoxy) is 1. The van der Waals surface area contributed by atoms with Crippen molar-refractivity contribution in [2.24, 2.45) is 0 Å². The highest BCUT2D eigenvalue weighted by Gasteiger charge is 2.22. The van der Waals surface area contributed by atoms with E-state index >= 15 is 0 Å². The topological polar surface area (TPSA) is 73.2 Å². The Bertz CT molecular complexity index is 1160. The minimum atomic E-state index is -2.99. The largest absolute Gasteiger partial charge is 0.433 e. The third-order valence-corrected chi connectivity index (χ3v) is 6.38. The minimum Gasteiger partial charge on any atom is -0.433 e. The van der Waals surface area contributed by atoms with Crippen molar-refractivity contribution in [2.75, 3.05) is 11.1 Å². The molecule has 2 aromatic carbocycles. The van der Waals surface area contributed by atoms with Gasteiger partial charge in [0.15, 0.2) is 5.16 Å². The number of thioether (sulfide) groups is 1. The Hall–Kier alpha value is -2.94. The molecule has 0 spiro atoms. The Kier molecular flexibility index (Phi) is 7.04. The number of benzene rings is 2. The Balaban J connectivity index is 1.56. The summed E-state index contributed by atoms with van der Waals surface area (Å²) in [5.74, 6) is -0.540. The number of nitrogens with one attached hydrogen (secondary N) is 1. The fraction of sp³-hybridized carbons (Fsp3) is 0.348. The van der Waals surface area contributed by atoms with Crippen molar-refractivity contribution in [3.8, 4) is 5.75 Å². The van der Waals surface area contributed by atoms with Crippen LogP contribution in [0.4, 0.5) is 14.5 Å². The lowest BCUT2D eigenvalue weighted by atomic mass is 9.95. The van der Waals surface area contributed by atoms with Crippen LogP contribution in [0, 0.1) is 0 Å².